The minimum Gasteiger partial charge on any atom is -0.465 e. The first-order valence-corrected chi connectivity index (χ1v) is 14.5. The van der Waals surface area contributed by atoms with E-state index in [1.54, 1.807) is 18.0 Å². The number of nitrogens with one attached hydrogen (secondary N) is 2. The second kappa shape index (κ2) is 12.3. The number of hydrogen-bond donors (Lipinski definition) is 3. The number of aromatic nitrogens is 1. The highest BCUT2D eigenvalue weighted by Crippen LogP contribution is 2.44. The molecule has 0 radical (unpaired) electrons. The van der Waals surface area contributed by atoms with Crippen molar-refractivity contribution in [2.24, 2.45) is 5.92 Å². The van der Waals surface area contributed by atoms with Crippen LogP contribution in [0.25, 0.3) is 22.4 Å². The third kappa shape index (κ3) is 6.45. The average Bonchev–Trinajstić information content (AvgIpc) is 2.96. The first-order valence-electron chi connectivity index (χ1n) is 14.5. The zero-order valence-corrected chi connectivity index (χ0v) is 24.0. The maximum atomic E-state index is 13.8. The van der Waals surface area contributed by atoms with Gasteiger partial charge in [-0.3, -0.25) is 14.6 Å². The fraction of sp³-hybridized carbons (Fsp3) is 0.394. The molecule has 0 spiro atoms. The number of hydrogen-bond acceptors (Lipinski definition) is 4. The van der Waals surface area contributed by atoms with E-state index < -0.39 is 17.8 Å². The van der Waals surface area contributed by atoms with Crippen molar-refractivity contribution in [1.29, 1.82) is 0 Å². The van der Waals surface area contributed by atoms with Crippen molar-refractivity contribution in [1.82, 2.24) is 15.2 Å². The number of rotatable bonds is 8. The zero-order valence-electron chi connectivity index (χ0n) is 24.0. The van der Waals surface area contributed by atoms with E-state index in [2.05, 4.69) is 10.6 Å². The fourth-order valence-electron chi connectivity index (χ4n) is 6.33. The number of amides is 3. The molecule has 3 N–H and O–H groups in total. The van der Waals surface area contributed by atoms with Crippen molar-refractivity contribution in [2.45, 2.75) is 69.6 Å². The summed E-state index contributed by atoms with van der Waals surface area (Å²) in [7, 11) is 1.84. The molecular formula is C33H37FN4O4. The van der Waals surface area contributed by atoms with Gasteiger partial charge in [0.2, 0.25) is 11.8 Å². The number of alkyl halides is 1. The number of benzene rings is 2. The van der Waals surface area contributed by atoms with Crippen molar-refractivity contribution in [2.75, 3.05) is 12.4 Å². The van der Waals surface area contributed by atoms with Crippen LogP contribution in [0.4, 0.5) is 14.9 Å². The van der Waals surface area contributed by atoms with Crippen LogP contribution < -0.4 is 10.6 Å². The molecule has 1 aromatic heterocycles. The lowest BCUT2D eigenvalue weighted by molar-refractivity contribution is -0.130. The van der Waals surface area contributed by atoms with E-state index in [0.717, 1.165) is 53.6 Å². The van der Waals surface area contributed by atoms with Gasteiger partial charge in [0.1, 0.15) is 6.17 Å². The summed E-state index contributed by atoms with van der Waals surface area (Å²) < 4.78 is 13.8. The summed E-state index contributed by atoms with van der Waals surface area (Å²) >= 11 is 0. The summed E-state index contributed by atoms with van der Waals surface area (Å²) in [5.74, 6) is 0.298. The van der Waals surface area contributed by atoms with E-state index in [0.29, 0.717) is 12.1 Å². The lowest BCUT2D eigenvalue weighted by Crippen LogP contribution is -2.55. The van der Waals surface area contributed by atoms with Crippen molar-refractivity contribution < 1.29 is 23.9 Å². The van der Waals surface area contributed by atoms with Gasteiger partial charge in [-0.05, 0) is 48.8 Å². The number of nitrogens with zero attached hydrogens (tertiary/aromatic N) is 2. The predicted molar refractivity (Wildman–Crippen MR) is 160 cm³/mol. The number of carbonyl (C=O) groups excluding carboxylic acids is 2. The van der Waals surface area contributed by atoms with Gasteiger partial charge in [0.05, 0.1) is 23.1 Å². The SMILES string of the molecule is CC(=O)N(C)C1CCC(CC(=O)Nc2cnc(-c3ccc(C4(NC(=O)O)CC(F)C4)cc3)c(-c3ccccc3)c2)CC1. The van der Waals surface area contributed by atoms with E-state index in [1.807, 2.05) is 67.7 Å². The highest BCUT2D eigenvalue weighted by Gasteiger charge is 2.47. The Labute approximate surface area is 245 Å². The molecule has 2 saturated carbocycles. The number of halogens is 1. The molecule has 3 aromatic rings. The predicted octanol–water partition coefficient (Wildman–Crippen LogP) is 6.38. The molecule has 220 valence electrons. The summed E-state index contributed by atoms with van der Waals surface area (Å²) in [6, 6.07) is 19.4. The molecule has 1 heterocycles. The highest BCUT2D eigenvalue weighted by atomic mass is 19.1. The maximum absolute atomic E-state index is 13.8. The van der Waals surface area contributed by atoms with Crippen molar-refractivity contribution in [3.63, 3.8) is 0 Å². The zero-order chi connectivity index (χ0) is 29.9. The monoisotopic (exact) mass is 572 g/mol. The Morgan fingerprint density at radius 1 is 1.00 bits per heavy atom. The number of carbonyl (C=O) groups is 3. The highest BCUT2D eigenvalue weighted by molar-refractivity contribution is 5.93. The Balaban J connectivity index is 1.32. The van der Waals surface area contributed by atoms with Crippen molar-refractivity contribution >= 4 is 23.6 Å². The molecule has 0 atom stereocenters. The molecular weight excluding hydrogens is 535 g/mol. The van der Waals surface area contributed by atoms with Crippen LogP contribution >= 0.6 is 0 Å². The van der Waals surface area contributed by atoms with Crippen molar-refractivity contribution in [3.05, 3.63) is 72.4 Å². The van der Waals surface area contributed by atoms with Crippen LogP contribution in [0, 0.1) is 5.92 Å². The van der Waals surface area contributed by atoms with Crippen LogP contribution in [0.5, 0.6) is 0 Å². The Bertz CT molecular complexity index is 1430. The summed E-state index contributed by atoms with van der Waals surface area (Å²) in [4.78, 5) is 42.6. The van der Waals surface area contributed by atoms with Crippen LogP contribution in [0.1, 0.15) is 57.4 Å². The summed E-state index contributed by atoms with van der Waals surface area (Å²) in [5.41, 5.74) is 3.74. The van der Waals surface area contributed by atoms with E-state index in [-0.39, 0.29) is 36.6 Å². The number of pyridine rings is 1. The van der Waals surface area contributed by atoms with E-state index in [9.17, 15) is 23.9 Å². The van der Waals surface area contributed by atoms with E-state index in [1.165, 1.54) is 0 Å². The standard InChI is InChI=1S/C33H37FN4O4/c1-21(39)38(2)28-14-8-22(9-15-28)16-30(40)36-27-17-29(23-6-4-3-5-7-23)31(35-20-27)24-10-12-25(13-11-24)33(37-32(41)42)18-26(34)19-33/h3-7,10-13,17,20,22,26,28,37H,8-9,14-16,18-19H2,1-2H3,(H,36,40)(H,41,42). The Kier molecular flexibility index (Phi) is 8.56. The summed E-state index contributed by atoms with van der Waals surface area (Å²) in [6.45, 7) is 1.59. The van der Waals surface area contributed by atoms with Gasteiger partial charge in [0.15, 0.2) is 0 Å². The lowest BCUT2D eigenvalue weighted by Gasteiger charge is -2.44. The normalized spacial score (nSPS) is 23.4. The van der Waals surface area contributed by atoms with Crippen LogP contribution in [0.2, 0.25) is 0 Å². The van der Waals surface area contributed by atoms with Gasteiger partial charge in [-0.25, -0.2) is 9.18 Å². The molecule has 2 fully saturated rings. The van der Waals surface area contributed by atoms with Gasteiger partial charge in [-0.2, -0.15) is 0 Å². The third-order valence-corrected chi connectivity index (χ3v) is 8.79. The third-order valence-electron chi connectivity index (χ3n) is 8.79. The molecule has 9 heteroatoms. The van der Waals surface area contributed by atoms with Gasteiger partial charge in [0, 0.05) is 50.4 Å². The second-order valence-corrected chi connectivity index (χ2v) is 11.6. The molecule has 0 bridgehead atoms. The molecule has 2 aliphatic carbocycles. The topological polar surface area (TPSA) is 112 Å². The van der Waals surface area contributed by atoms with Gasteiger partial charge in [-0.1, -0.05) is 54.6 Å². The molecule has 0 aliphatic heterocycles. The van der Waals surface area contributed by atoms with Gasteiger partial charge >= 0.3 is 6.09 Å². The summed E-state index contributed by atoms with van der Waals surface area (Å²) in [5, 5.41) is 14.8. The first-order chi connectivity index (χ1) is 20.1. The molecule has 0 unspecified atom stereocenters. The smallest absolute Gasteiger partial charge is 0.405 e. The largest absolute Gasteiger partial charge is 0.465 e. The summed E-state index contributed by atoms with van der Waals surface area (Å²) in [6.07, 6.45) is 3.71. The Morgan fingerprint density at radius 3 is 2.26 bits per heavy atom. The van der Waals surface area contributed by atoms with E-state index >= 15 is 0 Å². The minimum absolute atomic E-state index is 0.0563. The average molecular weight is 573 g/mol. The van der Waals surface area contributed by atoms with Crippen LogP contribution in [0.3, 0.4) is 0 Å². The van der Waals surface area contributed by atoms with E-state index in [4.69, 9.17) is 4.98 Å². The molecule has 2 aromatic carbocycles. The fourth-order valence-corrected chi connectivity index (χ4v) is 6.33. The molecule has 42 heavy (non-hydrogen) atoms. The van der Waals surface area contributed by atoms with Crippen molar-refractivity contribution in [3.8, 4) is 22.4 Å². The number of carboxylic acid groups (broad SMARTS) is 1. The minimum atomic E-state index is -1.18. The van der Waals surface area contributed by atoms with Gasteiger partial charge in [0.25, 0.3) is 0 Å². The molecule has 5 rings (SSSR count). The lowest BCUT2D eigenvalue weighted by atomic mass is 9.70. The first kappa shape index (κ1) is 29.2. The molecule has 8 nitrogen and oxygen atoms in total. The molecule has 3 amide bonds. The second-order valence-electron chi connectivity index (χ2n) is 11.6. The maximum Gasteiger partial charge on any atom is 0.405 e. The van der Waals surface area contributed by atoms with Gasteiger partial charge < -0.3 is 20.6 Å². The molecule has 0 saturated heterocycles. The van der Waals surface area contributed by atoms with Gasteiger partial charge in [-0.15, -0.1) is 0 Å². The molecule has 2 aliphatic rings. The van der Waals surface area contributed by atoms with Crippen LogP contribution in [-0.4, -0.2) is 52.2 Å². The quantitative estimate of drug-likeness (QED) is 0.290. The van der Waals surface area contributed by atoms with Crippen LogP contribution in [-0.2, 0) is 15.1 Å². The Morgan fingerprint density at radius 2 is 1.67 bits per heavy atom. The Hall–Kier alpha value is -4.27. The van der Waals surface area contributed by atoms with Crippen LogP contribution in [0.15, 0.2) is 66.9 Å². The number of anilines is 1.